The minimum atomic E-state index is 1.00. The van der Waals surface area contributed by atoms with Crippen LogP contribution in [0, 0.1) is 0 Å². The lowest BCUT2D eigenvalue weighted by Crippen LogP contribution is -2.09. The van der Waals surface area contributed by atoms with E-state index in [1.54, 1.807) is 0 Å². The van der Waals surface area contributed by atoms with Crippen LogP contribution in [0.5, 0.6) is 0 Å². The third-order valence-electron chi connectivity index (χ3n) is 8.29. The number of benzene rings is 6. The topological polar surface area (TPSA) is 3.24 Å². The molecule has 0 heterocycles. The lowest BCUT2D eigenvalue weighted by molar-refractivity contribution is 1.23. The summed E-state index contributed by atoms with van der Waals surface area (Å²) in [7, 11) is 0. The molecule has 0 unspecified atom stereocenters. The Morgan fingerprint density at radius 1 is 0.359 bits per heavy atom. The maximum atomic E-state index is 2.41. The second-order valence-electron chi connectivity index (χ2n) is 10.6. The second kappa shape index (κ2) is 8.85. The van der Waals surface area contributed by atoms with Gasteiger partial charge in [-0.1, -0.05) is 103 Å². The van der Waals surface area contributed by atoms with Crippen molar-refractivity contribution >= 4 is 17.1 Å². The van der Waals surface area contributed by atoms with Gasteiger partial charge in [-0.3, -0.25) is 0 Å². The van der Waals surface area contributed by atoms with E-state index in [1.165, 1.54) is 55.6 Å². The molecule has 184 valence electrons. The molecule has 0 saturated carbocycles. The highest BCUT2D eigenvalue weighted by Gasteiger charge is 2.28. The van der Waals surface area contributed by atoms with Crippen LogP contribution in [0.4, 0.5) is 17.1 Å². The van der Waals surface area contributed by atoms with Crippen LogP contribution in [0.2, 0.25) is 0 Å². The van der Waals surface area contributed by atoms with E-state index in [0.29, 0.717) is 0 Å². The Morgan fingerprint density at radius 3 is 1.54 bits per heavy atom. The minimum absolute atomic E-state index is 1.00. The van der Waals surface area contributed by atoms with Gasteiger partial charge in [0, 0.05) is 17.1 Å². The molecule has 1 nitrogen and oxygen atoms in total. The molecule has 0 bridgehead atoms. The van der Waals surface area contributed by atoms with Crippen LogP contribution < -0.4 is 4.90 Å². The predicted octanol–water partition coefficient (Wildman–Crippen LogP) is 9.97. The average molecular weight is 498 g/mol. The largest absolute Gasteiger partial charge is 0.311 e. The standard InChI is InChI=1S/C38H27N/c1-3-10-32(11-4-1)39(33-12-5-2-6-13-33)34-20-17-26(18-21-34)27-19-22-36-31(23-27)25-30-16-15-29-24-28-9-7-8-14-35(28)37(29)38(30)36/h1-23H,24-25H2. The summed E-state index contributed by atoms with van der Waals surface area (Å²) < 4.78 is 0. The van der Waals surface area contributed by atoms with Gasteiger partial charge in [-0.2, -0.15) is 0 Å². The summed E-state index contributed by atoms with van der Waals surface area (Å²) in [6.07, 6.45) is 2.05. The van der Waals surface area contributed by atoms with Gasteiger partial charge in [0.15, 0.2) is 0 Å². The van der Waals surface area contributed by atoms with E-state index in [-0.39, 0.29) is 0 Å². The number of rotatable bonds is 4. The van der Waals surface area contributed by atoms with Crippen molar-refractivity contribution in [2.75, 3.05) is 4.90 Å². The summed E-state index contributed by atoms with van der Waals surface area (Å²) >= 11 is 0. The van der Waals surface area contributed by atoms with Crippen LogP contribution in [0.25, 0.3) is 33.4 Å². The summed E-state index contributed by atoms with van der Waals surface area (Å²) in [6, 6.07) is 50.8. The molecule has 0 aromatic heterocycles. The molecular weight excluding hydrogens is 470 g/mol. The Balaban J connectivity index is 1.16. The van der Waals surface area contributed by atoms with E-state index in [9.17, 15) is 0 Å². The Bertz CT molecular complexity index is 1790. The molecule has 0 fully saturated rings. The predicted molar refractivity (Wildman–Crippen MR) is 163 cm³/mol. The van der Waals surface area contributed by atoms with Crippen molar-refractivity contribution in [2.24, 2.45) is 0 Å². The van der Waals surface area contributed by atoms with Crippen molar-refractivity contribution in [1.29, 1.82) is 0 Å². The van der Waals surface area contributed by atoms with Gasteiger partial charge < -0.3 is 4.90 Å². The fraction of sp³-hybridized carbons (Fsp3) is 0.0526. The molecule has 2 aliphatic rings. The van der Waals surface area contributed by atoms with Crippen molar-refractivity contribution in [3.8, 4) is 33.4 Å². The van der Waals surface area contributed by atoms with Crippen LogP contribution in [0.1, 0.15) is 22.3 Å². The highest BCUT2D eigenvalue weighted by atomic mass is 15.1. The lowest BCUT2D eigenvalue weighted by Gasteiger charge is -2.25. The summed E-state index contributed by atoms with van der Waals surface area (Å²) in [6.45, 7) is 0. The molecule has 0 spiro atoms. The number of para-hydroxylation sites is 2. The zero-order chi connectivity index (χ0) is 25.8. The van der Waals surface area contributed by atoms with Gasteiger partial charge in [-0.15, -0.1) is 0 Å². The van der Waals surface area contributed by atoms with Crippen LogP contribution in [0.15, 0.2) is 140 Å². The van der Waals surface area contributed by atoms with Gasteiger partial charge in [0.1, 0.15) is 0 Å². The molecular formula is C38H27N. The molecule has 0 radical (unpaired) electrons. The number of fused-ring (bicyclic) bond motifs is 7. The van der Waals surface area contributed by atoms with Crippen molar-refractivity contribution < 1.29 is 0 Å². The molecule has 0 atom stereocenters. The van der Waals surface area contributed by atoms with Crippen molar-refractivity contribution in [1.82, 2.24) is 0 Å². The monoisotopic (exact) mass is 497 g/mol. The Labute approximate surface area is 229 Å². The summed E-state index contributed by atoms with van der Waals surface area (Å²) in [5.41, 5.74) is 17.5. The first-order chi connectivity index (χ1) is 19.3. The van der Waals surface area contributed by atoms with E-state index >= 15 is 0 Å². The number of anilines is 3. The first-order valence-corrected chi connectivity index (χ1v) is 13.7. The number of hydrogen-bond acceptors (Lipinski definition) is 1. The Kier molecular flexibility index (Phi) is 5.03. The van der Waals surface area contributed by atoms with Crippen LogP contribution in [0.3, 0.4) is 0 Å². The van der Waals surface area contributed by atoms with Crippen molar-refractivity contribution in [3.63, 3.8) is 0 Å². The smallest absolute Gasteiger partial charge is 0.0462 e. The van der Waals surface area contributed by atoms with Crippen LogP contribution in [-0.2, 0) is 12.8 Å². The first-order valence-electron chi connectivity index (χ1n) is 13.7. The van der Waals surface area contributed by atoms with E-state index in [0.717, 1.165) is 29.9 Å². The SMILES string of the molecule is c1ccc(N(c2ccccc2)c2ccc(-c3ccc4c(c3)Cc3ccc5c(c3-4)-c3ccccc3C5)cc2)cc1. The van der Waals surface area contributed by atoms with Crippen molar-refractivity contribution in [2.45, 2.75) is 12.8 Å². The molecule has 0 aliphatic heterocycles. The fourth-order valence-electron chi connectivity index (χ4n) is 6.50. The maximum absolute atomic E-state index is 2.41. The minimum Gasteiger partial charge on any atom is -0.311 e. The number of nitrogens with zero attached hydrogens (tertiary/aromatic N) is 1. The summed E-state index contributed by atoms with van der Waals surface area (Å²) in [4.78, 5) is 2.31. The zero-order valence-electron chi connectivity index (χ0n) is 21.6. The van der Waals surface area contributed by atoms with E-state index in [4.69, 9.17) is 0 Å². The normalized spacial score (nSPS) is 12.4. The highest BCUT2D eigenvalue weighted by molar-refractivity contribution is 5.96. The van der Waals surface area contributed by atoms with Gasteiger partial charge >= 0.3 is 0 Å². The first kappa shape index (κ1) is 22.1. The van der Waals surface area contributed by atoms with Crippen LogP contribution in [-0.4, -0.2) is 0 Å². The molecule has 8 rings (SSSR count). The number of hydrogen-bond donors (Lipinski definition) is 0. The van der Waals surface area contributed by atoms with E-state index < -0.39 is 0 Å². The van der Waals surface area contributed by atoms with Gasteiger partial charge in [0.25, 0.3) is 0 Å². The van der Waals surface area contributed by atoms with Gasteiger partial charge in [-0.05, 0) is 105 Å². The summed E-state index contributed by atoms with van der Waals surface area (Å²) in [5.74, 6) is 0. The van der Waals surface area contributed by atoms with Crippen molar-refractivity contribution in [3.05, 3.63) is 162 Å². The van der Waals surface area contributed by atoms with E-state index in [2.05, 4.69) is 144 Å². The van der Waals surface area contributed by atoms with Gasteiger partial charge in [-0.25, -0.2) is 0 Å². The van der Waals surface area contributed by atoms with Gasteiger partial charge in [0.05, 0.1) is 0 Å². The third-order valence-corrected chi connectivity index (χ3v) is 8.29. The fourth-order valence-corrected chi connectivity index (χ4v) is 6.50. The highest BCUT2D eigenvalue weighted by Crippen LogP contribution is 2.49. The molecule has 0 saturated heterocycles. The van der Waals surface area contributed by atoms with Gasteiger partial charge in [0.2, 0.25) is 0 Å². The second-order valence-corrected chi connectivity index (χ2v) is 10.6. The maximum Gasteiger partial charge on any atom is 0.0462 e. The molecule has 6 aromatic carbocycles. The Morgan fingerprint density at radius 2 is 0.872 bits per heavy atom. The van der Waals surface area contributed by atoms with E-state index in [1.807, 2.05) is 0 Å². The zero-order valence-corrected chi connectivity index (χ0v) is 21.6. The quantitative estimate of drug-likeness (QED) is 0.234. The average Bonchev–Trinajstić information content (AvgIpc) is 3.56. The lowest BCUT2D eigenvalue weighted by atomic mass is 9.93. The molecule has 39 heavy (non-hydrogen) atoms. The molecule has 0 amide bonds. The third kappa shape index (κ3) is 3.62. The van der Waals surface area contributed by atoms with Crippen LogP contribution >= 0.6 is 0 Å². The molecule has 0 N–H and O–H groups in total. The molecule has 6 aromatic rings. The molecule has 2 aliphatic carbocycles. The summed E-state index contributed by atoms with van der Waals surface area (Å²) in [5, 5.41) is 0. The Hall–Kier alpha value is -4.88. The molecule has 1 heteroatoms.